The lowest BCUT2D eigenvalue weighted by atomic mass is 10.1. The third kappa shape index (κ3) is 4.79. The first kappa shape index (κ1) is 20.9. The number of rotatable bonds is 8. The summed E-state index contributed by atoms with van der Waals surface area (Å²) in [7, 11) is 1.36. The number of amides is 1. The average Bonchev–Trinajstić information content (AvgIpc) is 3.28. The Morgan fingerprint density at radius 3 is 2.62 bits per heavy atom. The fourth-order valence-electron chi connectivity index (χ4n) is 3.31. The molecule has 1 aromatic carbocycles. The van der Waals surface area contributed by atoms with E-state index in [0.717, 1.165) is 35.3 Å². The molecule has 0 aliphatic heterocycles. The number of anilines is 1. The third-order valence-electron chi connectivity index (χ3n) is 4.54. The average molecular weight is 416 g/mol. The second-order valence-electron chi connectivity index (χ2n) is 6.45. The quantitative estimate of drug-likeness (QED) is 0.509. The Morgan fingerprint density at radius 1 is 1.14 bits per heavy atom. The van der Waals surface area contributed by atoms with Gasteiger partial charge in [0.1, 0.15) is 5.00 Å². The highest BCUT2D eigenvalue weighted by atomic mass is 32.1. The third-order valence-corrected chi connectivity index (χ3v) is 5.75. The molecule has 1 aromatic heterocycles. The van der Waals surface area contributed by atoms with Gasteiger partial charge in [0, 0.05) is 11.0 Å². The molecule has 0 saturated heterocycles. The van der Waals surface area contributed by atoms with Crippen LogP contribution in [0.2, 0.25) is 0 Å². The van der Waals surface area contributed by atoms with Crippen molar-refractivity contribution in [2.45, 2.75) is 33.1 Å². The van der Waals surface area contributed by atoms with E-state index in [0.29, 0.717) is 35.3 Å². The van der Waals surface area contributed by atoms with Gasteiger partial charge in [-0.2, -0.15) is 0 Å². The van der Waals surface area contributed by atoms with Crippen LogP contribution < -0.4 is 14.8 Å². The molecule has 0 atom stereocenters. The zero-order valence-electron chi connectivity index (χ0n) is 16.9. The van der Waals surface area contributed by atoms with E-state index in [-0.39, 0.29) is 5.91 Å². The number of carbonyl (C=O) groups is 2. The smallest absolute Gasteiger partial charge is 0.341 e. The molecular weight excluding hydrogens is 390 g/mol. The number of carbonyl (C=O) groups excluding carboxylic acids is 2. The van der Waals surface area contributed by atoms with Crippen molar-refractivity contribution < 1.29 is 23.8 Å². The van der Waals surface area contributed by atoms with Crippen LogP contribution in [-0.2, 0) is 22.4 Å². The zero-order chi connectivity index (χ0) is 20.8. The highest BCUT2D eigenvalue weighted by molar-refractivity contribution is 7.17. The number of benzene rings is 1. The maximum Gasteiger partial charge on any atom is 0.341 e. The Bertz CT molecular complexity index is 932. The molecule has 1 heterocycles. The number of aryl methyl sites for hydroxylation is 1. The van der Waals surface area contributed by atoms with Crippen molar-refractivity contribution in [2.75, 3.05) is 25.6 Å². The number of methoxy groups -OCH3 is 1. The molecule has 1 N–H and O–H groups in total. The first-order chi connectivity index (χ1) is 14.1. The molecule has 29 heavy (non-hydrogen) atoms. The molecule has 1 amide bonds. The van der Waals surface area contributed by atoms with E-state index in [2.05, 4.69) is 5.32 Å². The van der Waals surface area contributed by atoms with Gasteiger partial charge < -0.3 is 19.5 Å². The van der Waals surface area contributed by atoms with Crippen molar-refractivity contribution in [3.63, 3.8) is 0 Å². The Morgan fingerprint density at radius 2 is 1.90 bits per heavy atom. The van der Waals surface area contributed by atoms with Gasteiger partial charge in [-0.1, -0.05) is 6.07 Å². The molecule has 2 aromatic rings. The minimum absolute atomic E-state index is 0.304. The Kier molecular flexibility index (Phi) is 6.93. The van der Waals surface area contributed by atoms with Crippen LogP contribution in [0.3, 0.4) is 0 Å². The van der Waals surface area contributed by atoms with Gasteiger partial charge in [-0.05, 0) is 62.4 Å². The first-order valence-corrected chi connectivity index (χ1v) is 10.5. The van der Waals surface area contributed by atoms with E-state index in [9.17, 15) is 9.59 Å². The molecule has 0 spiro atoms. The molecule has 154 valence electrons. The van der Waals surface area contributed by atoms with Gasteiger partial charge in [0.15, 0.2) is 11.5 Å². The number of ether oxygens (including phenoxy) is 3. The molecule has 7 heteroatoms. The highest BCUT2D eigenvalue weighted by Gasteiger charge is 2.27. The Labute approximate surface area is 174 Å². The van der Waals surface area contributed by atoms with Gasteiger partial charge in [0.2, 0.25) is 5.91 Å². The Balaban J connectivity index is 1.75. The lowest BCUT2D eigenvalue weighted by Gasteiger charge is -2.11. The van der Waals surface area contributed by atoms with Gasteiger partial charge in [-0.15, -0.1) is 11.3 Å². The molecule has 1 aliphatic rings. The first-order valence-electron chi connectivity index (χ1n) is 9.68. The molecule has 1 aliphatic carbocycles. The summed E-state index contributed by atoms with van der Waals surface area (Å²) in [5, 5.41) is 3.39. The van der Waals surface area contributed by atoms with Crippen LogP contribution in [0.25, 0.3) is 6.08 Å². The van der Waals surface area contributed by atoms with Gasteiger partial charge in [-0.25, -0.2) is 4.79 Å². The molecule has 0 saturated carbocycles. The lowest BCUT2D eigenvalue weighted by Crippen LogP contribution is -2.12. The van der Waals surface area contributed by atoms with Crippen LogP contribution in [0.4, 0.5) is 5.00 Å². The topological polar surface area (TPSA) is 73.9 Å². The van der Waals surface area contributed by atoms with Gasteiger partial charge in [0.25, 0.3) is 0 Å². The van der Waals surface area contributed by atoms with Gasteiger partial charge >= 0.3 is 5.97 Å². The molecule has 3 rings (SSSR count). The van der Waals surface area contributed by atoms with Crippen molar-refractivity contribution in [2.24, 2.45) is 0 Å². The van der Waals surface area contributed by atoms with Crippen molar-refractivity contribution in [1.29, 1.82) is 0 Å². The number of hydrogen-bond donors (Lipinski definition) is 1. The maximum atomic E-state index is 12.5. The van der Waals surface area contributed by atoms with Crippen molar-refractivity contribution in [3.8, 4) is 11.5 Å². The summed E-state index contributed by atoms with van der Waals surface area (Å²) in [6.45, 7) is 4.89. The van der Waals surface area contributed by atoms with Crippen LogP contribution >= 0.6 is 11.3 Å². The number of hydrogen-bond acceptors (Lipinski definition) is 6. The standard InChI is InChI=1S/C22H25NO5S/c1-4-27-16-11-9-14(13-17(16)28-5-2)10-12-19(24)23-21-20(22(25)26-3)15-7-6-8-18(15)29-21/h9-13H,4-8H2,1-3H3,(H,23,24)/b12-10+. The summed E-state index contributed by atoms with van der Waals surface area (Å²) in [4.78, 5) is 25.8. The van der Waals surface area contributed by atoms with Crippen molar-refractivity contribution in [3.05, 3.63) is 45.8 Å². The number of thiophene rings is 1. The predicted octanol–water partition coefficient (Wildman–Crippen LogP) is 4.47. The summed E-state index contributed by atoms with van der Waals surface area (Å²) < 4.78 is 16.1. The maximum absolute atomic E-state index is 12.5. The monoisotopic (exact) mass is 415 g/mol. The number of nitrogens with one attached hydrogen (secondary N) is 1. The summed E-state index contributed by atoms with van der Waals surface area (Å²) in [6, 6.07) is 5.51. The summed E-state index contributed by atoms with van der Waals surface area (Å²) in [5.74, 6) is 0.602. The van der Waals surface area contributed by atoms with Gasteiger partial charge in [-0.3, -0.25) is 4.79 Å². The second-order valence-corrected chi connectivity index (χ2v) is 7.55. The van der Waals surface area contributed by atoms with E-state index in [1.165, 1.54) is 24.5 Å². The van der Waals surface area contributed by atoms with E-state index < -0.39 is 5.97 Å². The van der Waals surface area contributed by atoms with Crippen molar-refractivity contribution >= 4 is 34.3 Å². The molecule has 6 nitrogen and oxygen atoms in total. The van der Waals surface area contributed by atoms with Crippen LogP contribution in [0, 0.1) is 0 Å². The molecule has 0 radical (unpaired) electrons. The summed E-state index contributed by atoms with van der Waals surface area (Å²) >= 11 is 1.46. The highest BCUT2D eigenvalue weighted by Crippen LogP contribution is 2.39. The largest absolute Gasteiger partial charge is 0.490 e. The number of esters is 1. The minimum Gasteiger partial charge on any atom is -0.490 e. The fraction of sp³-hybridized carbons (Fsp3) is 0.364. The summed E-state index contributed by atoms with van der Waals surface area (Å²) in [6.07, 6.45) is 5.94. The second kappa shape index (κ2) is 9.60. The van der Waals surface area contributed by atoms with E-state index in [4.69, 9.17) is 14.2 Å². The minimum atomic E-state index is -0.406. The van der Waals surface area contributed by atoms with Crippen LogP contribution in [-0.4, -0.2) is 32.2 Å². The Hall–Kier alpha value is -2.80. The SMILES string of the molecule is CCOc1ccc(/C=C/C(=O)Nc2sc3c(c2C(=O)OC)CCC3)cc1OCC. The molecule has 0 bridgehead atoms. The van der Waals surface area contributed by atoms with E-state index >= 15 is 0 Å². The van der Waals surface area contributed by atoms with Crippen LogP contribution in [0.5, 0.6) is 11.5 Å². The van der Waals surface area contributed by atoms with Crippen molar-refractivity contribution in [1.82, 2.24) is 0 Å². The van der Waals surface area contributed by atoms with Gasteiger partial charge in [0.05, 0.1) is 25.9 Å². The van der Waals surface area contributed by atoms with Crippen LogP contribution in [0.1, 0.15) is 46.6 Å². The van der Waals surface area contributed by atoms with E-state index in [1.54, 1.807) is 6.08 Å². The fourth-order valence-corrected chi connectivity index (χ4v) is 4.59. The molecule has 0 fully saturated rings. The number of fused-ring (bicyclic) bond motifs is 1. The predicted molar refractivity (Wildman–Crippen MR) is 114 cm³/mol. The van der Waals surface area contributed by atoms with Crippen LogP contribution in [0.15, 0.2) is 24.3 Å². The normalized spacial score (nSPS) is 12.7. The lowest BCUT2D eigenvalue weighted by molar-refractivity contribution is -0.111. The molecule has 0 unspecified atom stereocenters. The van der Waals surface area contributed by atoms with E-state index in [1.807, 2.05) is 32.0 Å². The summed E-state index contributed by atoms with van der Waals surface area (Å²) in [5.41, 5.74) is 2.31. The molecular formula is C22H25NO5S. The zero-order valence-corrected chi connectivity index (χ0v) is 17.7.